The zero-order valence-electron chi connectivity index (χ0n) is 23.2. The minimum atomic E-state index is -1.51. The summed E-state index contributed by atoms with van der Waals surface area (Å²) in [7, 11) is 0. The lowest BCUT2D eigenvalue weighted by Gasteiger charge is -2.25. The average molecular weight is 559 g/mol. The van der Waals surface area contributed by atoms with E-state index in [-0.39, 0.29) is 19.6 Å². The summed E-state index contributed by atoms with van der Waals surface area (Å²) < 4.78 is 19.9. The van der Waals surface area contributed by atoms with Crippen LogP contribution >= 0.6 is 0 Å². The molecule has 0 unspecified atom stereocenters. The lowest BCUT2D eigenvalue weighted by Crippen LogP contribution is -2.47. The first kappa shape index (κ1) is 34.9. The van der Waals surface area contributed by atoms with E-state index in [0.29, 0.717) is 0 Å². The van der Waals surface area contributed by atoms with E-state index < -0.39 is 72.2 Å². The smallest absolute Gasteiger partial charge is 0.408 e. The van der Waals surface area contributed by atoms with Crippen molar-refractivity contribution in [3.8, 4) is 0 Å². The van der Waals surface area contributed by atoms with Gasteiger partial charge in [0.1, 0.15) is 36.5 Å². The van der Waals surface area contributed by atoms with E-state index >= 15 is 0 Å². The third-order valence-corrected chi connectivity index (χ3v) is 3.87. The van der Waals surface area contributed by atoms with Crippen LogP contribution in [0.4, 0.5) is 9.59 Å². The number of hydrogen-bond acceptors (Lipinski definition) is 12. The molecule has 0 aromatic heterocycles. The molecule has 0 aliphatic rings. The summed E-state index contributed by atoms with van der Waals surface area (Å²) in [4.78, 5) is 81.8. The molecule has 220 valence electrons. The van der Waals surface area contributed by atoms with Crippen LogP contribution in [-0.4, -0.2) is 72.6 Å². The Morgan fingerprint density at radius 1 is 0.692 bits per heavy atom. The average Bonchev–Trinajstić information content (AvgIpc) is 2.79. The minimum absolute atomic E-state index is 0.120. The van der Waals surface area contributed by atoms with Gasteiger partial charge < -0.3 is 29.6 Å². The molecule has 0 heterocycles. The van der Waals surface area contributed by atoms with Crippen molar-refractivity contribution in [2.45, 2.75) is 84.1 Å². The van der Waals surface area contributed by atoms with E-state index in [1.807, 2.05) is 0 Å². The third kappa shape index (κ3) is 17.9. The molecule has 2 N–H and O–H groups in total. The van der Waals surface area contributed by atoms with Crippen LogP contribution in [0.15, 0.2) is 25.3 Å². The quantitative estimate of drug-likeness (QED) is 0.111. The molecule has 0 saturated heterocycles. The summed E-state index contributed by atoms with van der Waals surface area (Å²) >= 11 is 0. The van der Waals surface area contributed by atoms with E-state index in [1.165, 1.54) is 12.2 Å². The van der Waals surface area contributed by atoms with Crippen LogP contribution < -0.4 is 10.6 Å². The van der Waals surface area contributed by atoms with E-state index in [4.69, 9.17) is 18.9 Å². The molecule has 2 amide bonds. The fraction of sp³-hybridized carbons (Fsp3) is 0.600. The van der Waals surface area contributed by atoms with Gasteiger partial charge in [-0.05, 0) is 48.0 Å². The lowest BCUT2D eigenvalue weighted by atomic mass is 10.1. The number of nitrogens with one attached hydrogen (secondary N) is 2. The molecular weight excluding hydrogens is 520 g/mol. The van der Waals surface area contributed by atoms with Crippen LogP contribution in [0.5, 0.6) is 0 Å². The van der Waals surface area contributed by atoms with Crippen LogP contribution in [0.3, 0.4) is 0 Å². The largest absolute Gasteiger partial charge is 0.460 e. The van der Waals surface area contributed by atoms with Gasteiger partial charge in [0.15, 0.2) is 0 Å². The van der Waals surface area contributed by atoms with Crippen LogP contribution in [0.2, 0.25) is 0 Å². The number of ether oxygens (including phenoxy) is 4. The molecule has 0 aliphatic carbocycles. The first-order chi connectivity index (χ1) is 18.0. The van der Waals surface area contributed by atoms with Crippen LogP contribution in [0, 0.1) is 0 Å². The van der Waals surface area contributed by atoms with Gasteiger partial charge in [-0.1, -0.05) is 25.3 Å². The molecule has 2 atom stereocenters. The van der Waals surface area contributed by atoms with Crippen molar-refractivity contribution in [2.24, 2.45) is 0 Å². The molecule has 0 fully saturated rings. The zero-order chi connectivity index (χ0) is 30.2. The van der Waals surface area contributed by atoms with E-state index in [1.54, 1.807) is 41.5 Å². The number of alkyl carbamates (subject to hydrolysis) is 2. The van der Waals surface area contributed by atoms with Gasteiger partial charge in [0.05, 0.1) is 12.8 Å². The zero-order valence-corrected chi connectivity index (χ0v) is 23.2. The third-order valence-electron chi connectivity index (χ3n) is 3.87. The Morgan fingerprint density at radius 2 is 1.21 bits per heavy atom. The Labute approximate surface area is 227 Å². The topological polar surface area (TPSA) is 182 Å². The van der Waals surface area contributed by atoms with Crippen molar-refractivity contribution in [1.82, 2.24) is 10.6 Å². The first-order valence-electron chi connectivity index (χ1n) is 11.9. The lowest BCUT2D eigenvalue weighted by molar-refractivity contribution is -0.259. The maximum Gasteiger partial charge on any atom is 0.408 e. The first-order valence-corrected chi connectivity index (χ1v) is 11.9. The number of rotatable bonds is 13. The number of esters is 2. The van der Waals surface area contributed by atoms with Crippen LogP contribution in [0.1, 0.15) is 60.8 Å². The summed E-state index contributed by atoms with van der Waals surface area (Å²) in [6.45, 7) is 16.1. The highest BCUT2D eigenvalue weighted by molar-refractivity contribution is 5.86. The molecular formula is C25H38N2O12. The highest BCUT2D eigenvalue weighted by atomic mass is 17.2. The van der Waals surface area contributed by atoms with Gasteiger partial charge in [0.25, 0.3) is 0 Å². The van der Waals surface area contributed by atoms with Crippen molar-refractivity contribution in [3.05, 3.63) is 25.3 Å². The van der Waals surface area contributed by atoms with Crippen molar-refractivity contribution in [3.63, 3.8) is 0 Å². The Kier molecular flexibility index (Phi) is 14.9. The minimum Gasteiger partial charge on any atom is -0.460 e. The van der Waals surface area contributed by atoms with Gasteiger partial charge in [-0.15, -0.1) is 0 Å². The number of carbonyl (C=O) groups excluding carboxylic acids is 6. The van der Waals surface area contributed by atoms with Crippen molar-refractivity contribution < 1.29 is 57.5 Å². The standard InChI is InChI=1S/C25H38N2O12/c1-9-13-34-20(30)16(26-22(32)35-14-10-2)11-12-18(28)38-39-19(29)15-17(21(31)36-24(3,4)5)27-23(33)37-25(6,7)8/h9-10,16-17H,1-2,11-15H2,3-8H3,(H,26,32)(H,27,33)/t16-,17-/m0/s1. The van der Waals surface area contributed by atoms with Gasteiger partial charge in [-0.25, -0.2) is 38.5 Å². The van der Waals surface area contributed by atoms with Gasteiger partial charge in [0, 0.05) is 0 Å². The summed E-state index contributed by atoms with van der Waals surface area (Å²) in [5, 5.41) is 4.46. The maximum absolute atomic E-state index is 12.5. The maximum atomic E-state index is 12.5. The Hall–Kier alpha value is -4.10. The number of carbonyl (C=O) groups is 6. The normalized spacial score (nSPS) is 12.5. The van der Waals surface area contributed by atoms with Gasteiger partial charge in [-0.2, -0.15) is 0 Å². The number of amides is 2. The summed E-state index contributed by atoms with van der Waals surface area (Å²) in [6, 6.07) is -2.81. The van der Waals surface area contributed by atoms with E-state index in [9.17, 15) is 28.8 Å². The molecule has 14 heteroatoms. The van der Waals surface area contributed by atoms with Gasteiger partial charge in [0.2, 0.25) is 0 Å². The molecule has 0 radical (unpaired) electrons. The van der Waals surface area contributed by atoms with E-state index in [0.717, 1.165) is 0 Å². The second-order valence-electron chi connectivity index (χ2n) is 9.89. The fourth-order valence-electron chi connectivity index (χ4n) is 2.42. The molecule has 0 rings (SSSR count). The monoisotopic (exact) mass is 558 g/mol. The predicted molar refractivity (Wildman–Crippen MR) is 135 cm³/mol. The molecule has 0 aromatic rings. The van der Waals surface area contributed by atoms with Crippen molar-refractivity contribution in [2.75, 3.05) is 13.2 Å². The molecule has 14 nitrogen and oxygen atoms in total. The molecule has 0 saturated carbocycles. The SMILES string of the molecule is C=CCOC(=O)N[C@@H](CCC(=O)OOC(=O)C[C@H](NC(=O)OC(C)(C)C)C(=O)OC(C)(C)C)C(=O)OCC=C. The molecule has 39 heavy (non-hydrogen) atoms. The fourth-order valence-corrected chi connectivity index (χ4v) is 2.42. The second-order valence-corrected chi connectivity index (χ2v) is 9.89. The van der Waals surface area contributed by atoms with Crippen molar-refractivity contribution >= 4 is 36.1 Å². The Morgan fingerprint density at radius 3 is 1.74 bits per heavy atom. The van der Waals surface area contributed by atoms with Gasteiger partial charge >= 0.3 is 36.1 Å². The molecule has 0 aliphatic heterocycles. The van der Waals surface area contributed by atoms with E-state index in [2.05, 4.69) is 33.6 Å². The number of hydrogen-bond donors (Lipinski definition) is 2. The van der Waals surface area contributed by atoms with Gasteiger partial charge in [-0.3, -0.25) is 0 Å². The predicted octanol–water partition coefficient (Wildman–Crippen LogP) is 2.40. The van der Waals surface area contributed by atoms with Crippen LogP contribution in [-0.2, 0) is 47.9 Å². The summed E-state index contributed by atoms with van der Waals surface area (Å²) in [5.41, 5.74) is -1.82. The molecule has 0 aromatic carbocycles. The summed E-state index contributed by atoms with van der Waals surface area (Å²) in [6.07, 6.45) is -0.870. The van der Waals surface area contributed by atoms with Crippen molar-refractivity contribution in [1.29, 1.82) is 0 Å². The highest BCUT2D eigenvalue weighted by Crippen LogP contribution is 2.12. The second kappa shape index (κ2) is 16.7. The Bertz CT molecular complexity index is 902. The molecule has 0 spiro atoms. The Balaban J connectivity index is 5.08. The highest BCUT2D eigenvalue weighted by Gasteiger charge is 2.32. The molecule has 0 bridgehead atoms. The van der Waals surface area contributed by atoms with Crippen LogP contribution in [0.25, 0.3) is 0 Å². The summed E-state index contributed by atoms with van der Waals surface area (Å²) in [5.74, 6) is -4.10.